The zero-order valence-electron chi connectivity index (χ0n) is 32.1. The molecule has 13 nitrogen and oxygen atoms in total. The number of rotatable bonds is 29. The molecule has 0 aliphatic rings. The monoisotopic (exact) mass is 748 g/mol. The first-order valence-corrected chi connectivity index (χ1v) is 18.2. The summed E-state index contributed by atoms with van der Waals surface area (Å²) in [5, 5.41) is 13.1. The van der Waals surface area contributed by atoms with Crippen LogP contribution in [-0.2, 0) is 38.2 Å². The summed E-state index contributed by atoms with van der Waals surface area (Å²) in [5.74, 6) is -1.26. The van der Waals surface area contributed by atoms with E-state index in [0.29, 0.717) is 71.5 Å². The van der Waals surface area contributed by atoms with Crippen LogP contribution in [0.2, 0.25) is 0 Å². The molecule has 0 amide bonds. The van der Waals surface area contributed by atoms with Crippen LogP contribution in [0.15, 0.2) is 78.5 Å². The van der Waals surface area contributed by atoms with Crippen LogP contribution >= 0.6 is 0 Å². The number of hydrogen-bond acceptors (Lipinski definition) is 11. The summed E-state index contributed by atoms with van der Waals surface area (Å²) in [6.45, 7) is 13.0. The molecule has 3 aromatic carbocycles. The van der Waals surface area contributed by atoms with Crippen molar-refractivity contribution in [3.05, 3.63) is 95.5 Å². The second-order valence-electron chi connectivity index (χ2n) is 12.1. The Hall–Kier alpha value is -4.52. The van der Waals surface area contributed by atoms with Crippen LogP contribution in [0, 0.1) is 6.57 Å². The molecule has 0 atom stereocenters. The number of anilines is 5. The number of carbonyl (C=O) groups is 1. The van der Waals surface area contributed by atoms with Gasteiger partial charge in [-0.05, 0) is 104 Å². The number of benzene rings is 3. The highest BCUT2D eigenvalue weighted by Gasteiger charge is 2.16. The maximum atomic E-state index is 11.5. The fourth-order valence-corrected chi connectivity index (χ4v) is 5.33. The zero-order valence-corrected chi connectivity index (χ0v) is 32.1. The van der Waals surface area contributed by atoms with Gasteiger partial charge < -0.3 is 33.7 Å². The van der Waals surface area contributed by atoms with E-state index in [1.165, 1.54) is 6.08 Å². The van der Waals surface area contributed by atoms with Crippen molar-refractivity contribution in [2.75, 3.05) is 109 Å². The Labute approximate surface area is 320 Å². The molecule has 0 saturated heterocycles. The lowest BCUT2D eigenvalue weighted by Crippen LogP contribution is -2.28. The van der Waals surface area contributed by atoms with Gasteiger partial charge in [-0.1, -0.05) is 12.1 Å². The molecule has 0 aliphatic heterocycles. The minimum absolute atomic E-state index is 0.351. The first-order chi connectivity index (χ1) is 26.4. The second-order valence-corrected chi connectivity index (χ2v) is 12.1. The highest BCUT2D eigenvalue weighted by molar-refractivity contribution is 5.94. The van der Waals surface area contributed by atoms with Crippen LogP contribution < -0.4 is 15.0 Å². The van der Waals surface area contributed by atoms with E-state index in [4.69, 9.17) is 39.9 Å². The SMILES string of the molecule is [C-]#[N+]C(=Cc1ccc(N(c2ccc(N(CCCOC)OCCCCOC)cc2)c2ccc(N(CCOCCOC)OCCCCOC)cc2)cc1)C(=O)O. The minimum Gasteiger partial charge on any atom is -0.486 e. The Morgan fingerprint density at radius 3 is 1.46 bits per heavy atom. The molecule has 0 aliphatic carbocycles. The van der Waals surface area contributed by atoms with Crippen molar-refractivity contribution in [3.8, 4) is 0 Å². The number of methoxy groups -OCH3 is 4. The smallest absolute Gasteiger partial charge is 0.333 e. The highest BCUT2D eigenvalue weighted by Crippen LogP contribution is 2.37. The molecule has 0 bridgehead atoms. The van der Waals surface area contributed by atoms with E-state index in [9.17, 15) is 9.90 Å². The standard InChI is InChI=1S/C41H56N4O9/c1-42-40(41(46)47)33-34-11-13-37(14-12-34)45(38-19-15-35(16-20-38)43(23-10-27-50-4)53-28-8-6-25-48-2)39-21-17-36(18-22-39)44(24-30-52-32-31-51-5)54-29-9-7-26-49-3/h11-22,33H,6-10,23-32H2,2-5H3,(H,46,47). The van der Waals surface area contributed by atoms with Gasteiger partial charge in [0.05, 0.1) is 57.5 Å². The fourth-order valence-electron chi connectivity index (χ4n) is 5.33. The number of aliphatic carboxylic acids is 1. The number of nitrogens with zero attached hydrogens (tertiary/aromatic N) is 4. The van der Waals surface area contributed by atoms with Gasteiger partial charge in [0.2, 0.25) is 0 Å². The Morgan fingerprint density at radius 2 is 1.00 bits per heavy atom. The van der Waals surface area contributed by atoms with E-state index in [1.54, 1.807) is 40.6 Å². The fraction of sp³-hybridized carbons (Fsp3) is 0.463. The number of hydrogen-bond donors (Lipinski definition) is 1. The molecule has 0 saturated carbocycles. The van der Waals surface area contributed by atoms with Gasteiger partial charge in [0.1, 0.15) is 0 Å². The Balaban J connectivity index is 1.94. The van der Waals surface area contributed by atoms with Crippen molar-refractivity contribution in [1.29, 1.82) is 0 Å². The largest absolute Gasteiger partial charge is 0.486 e. The van der Waals surface area contributed by atoms with Gasteiger partial charge in [0.15, 0.2) is 0 Å². The first kappa shape index (κ1) is 43.9. The summed E-state index contributed by atoms with van der Waals surface area (Å²) >= 11 is 0. The molecular formula is C41H56N4O9. The van der Waals surface area contributed by atoms with Crippen molar-refractivity contribution in [3.63, 3.8) is 0 Å². The third-order valence-electron chi connectivity index (χ3n) is 8.15. The van der Waals surface area contributed by atoms with E-state index in [-0.39, 0.29) is 5.70 Å². The van der Waals surface area contributed by atoms with Crippen molar-refractivity contribution < 1.29 is 43.3 Å². The van der Waals surface area contributed by atoms with Crippen LogP contribution in [0.25, 0.3) is 10.9 Å². The van der Waals surface area contributed by atoms with Gasteiger partial charge in [-0.2, -0.15) is 0 Å². The van der Waals surface area contributed by atoms with E-state index in [2.05, 4.69) is 9.74 Å². The number of ether oxygens (including phenoxy) is 5. The van der Waals surface area contributed by atoms with Crippen LogP contribution in [0.1, 0.15) is 37.7 Å². The Bertz CT molecular complexity index is 1520. The summed E-state index contributed by atoms with van der Waals surface area (Å²) in [5.41, 5.74) is 4.70. The molecule has 0 fully saturated rings. The molecule has 0 unspecified atom stereocenters. The predicted molar refractivity (Wildman–Crippen MR) is 211 cm³/mol. The van der Waals surface area contributed by atoms with Crippen molar-refractivity contribution in [2.24, 2.45) is 0 Å². The lowest BCUT2D eigenvalue weighted by atomic mass is 10.1. The molecule has 54 heavy (non-hydrogen) atoms. The molecule has 0 spiro atoms. The summed E-state index contributed by atoms with van der Waals surface area (Å²) in [7, 11) is 6.74. The van der Waals surface area contributed by atoms with Crippen molar-refractivity contribution >= 4 is 40.5 Å². The number of hydroxylamine groups is 2. The number of unbranched alkanes of at least 4 members (excludes halogenated alkanes) is 2. The average molecular weight is 749 g/mol. The number of carboxylic acid groups (broad SMARTS) is 1. The van der Waals surface area contributed by atoms with Crippen LogP contribution in [-0.4, -0.2) is 105 Å². The summed E-state index contributed by atoms with van der Waals surface area (Å²) in [6.07, 6.45) is 5.72. The van der Waals surface area contributed by atoms with Crippen LogP contribution in [0.3, 0.4) is 0 Å². The molecule has 0 aromatic heterocycles. The summed E-state index contributed by atoms with van der Waals surface area (Å²) in [4.78, 5) is 29.1. The van der Waals surface area contributed by atoms with Gasteiger partial charge in [0.25, 0.3) is 5.70 Å². The molecule has 0 heterocycles. The number of carboxylic acids is 1. The highest BCUT2D eigenvalue weighted by atomic mass is 16.7. The van der Waals surface area contributed by atoms with Gasteiger partial charge in [-0.25, -0.2) is 4.85 Å². The Morgan fingerprint density at radius 1 is 0.574 bits per heavy atom. The summed E-state index contributed by atoms with van der Waals surface area (Å²) < 4.78 is 26.5. The third-order valence-corrected chi connectivity index (χ3v) is 8.15. The van der Waals surface area contributed by atoms with Crippen molar-refractivity contribution in [1.82, 2.24) is 0 Å². The molecule has 1 N–H and O–H groups in total. The van der Waals surface area contributed by atoms with Crippen molar-refractivity contribution in [2.45, 2.75) is 32.1 Å². The lowest BCUT2D eigenvalue weighted by Gasteiger charge is -2.29. The topological polar surface area (TPSA) is 116 Å². The van der Waals surface area contributed by atoms with E-state index < -0.39 is 5.97 Å². The maximum absolute atomic E-state index is 11.5. The first-order valence-electron chi connectivity index (χ1n) is 18.2. The van der Waals surface area contributed by atoms with Gasteiger partial charge in [-0.15, -0.1) is 0 Å². The average Bonchev–Trinajstić information content (AvgIpc) is 3.19. The normalized spacial score (nSPS) is 11.4. The summed E-state index contributed by atoms with van der Waals surface area (Å²) in [6, 6.07) is 23.7. The molecule has 3 rings (SSSR count). The lowest BCUT2D eigenvalue weighted by molar-refractivity contribution is -0.132. The van der Waals surface area contributed by atoms with E-state index in [1.807, 2.05) is 70.8 Å². The van der Waals surface area contributed by atoms with E-state index in [0.717, 1.165) is 60.5 Å². The van der Waals surface area contributed by atoms with Crippen LogP contribution in [0.4, 0.5) is 28.4 Å². The maximum Gasteiger partial charge on any atom is 0.333 e. The minimum atomic E-state index is -1.26. The van der Waals surface area contributed by atoms with Gasteiger partial charge in [0, 0.05) is 71.9 Å². The van der Waals surface area contributed by atoms with Gasteiger partial charge >= 0.3 is 5.97 Å². The second kappa shape index (κ2) is 26.3. The Kier molecular flexibility index (Phi) is 21.4. The molecule has 13 heteroatoms. The van der Waals surface area contributed by atoms with Crippen LogP contribution in [0.5, 0.6) is 0 Å². The predicted octanol–water partition coefficient (Wildman–Crippen LogP) is 7.53. The molecular weight excluding hydrogens is 692 g/mol. The zero-order chi connectivity index (χ0) is 38.8. The van der Waals surface area contributed by atoms with Gasteiger partial charge in [-0.3, -0.25) is 24.6 Å². The molecule has 294 valence electrons. The molecule has 3 aromatic rings. The van der Waals surface area contributed by atoms with E-state index >= 15 is 0 Å². The quantitative estimate of drug-likeness (QED) is 0.0328. The molecule has 0 radical (unpaired) electrons. The third kappa shape index (κ3) is 15.5.